The van der Waals surface area contributed by atoms with Crippen molar-refractivity contribution in [3.05, 3.63) is 77.0 Å². The van der Waals surface area contributed by atoms with Gasteiger partial charge in [0.25, 0.3) is 0 Å². The van der Waals surface area contributed by atoms with Crippen LogP contribution in [0.1, 0.15) is 108 Å². The summed E-state index contributed by atoms with van der Waals surface area (Å²) in [6.07, 6.45) is 9.75. The van der Waals surface area contributed by atoms with Crippen molar-refractivity contribution < 1.29 is 46.5 Å². The number of piperazine rings is 1. The first-order valence-corrected chi connectivity index (χ1v) is 26.5. The molecule has 0 radical (unpaired) electrons. The van der Waals surface area contributed by atoms with E-state index in [9.17, 15) is 19.8 Å². The van der Waals surface area contributed by atoms with E-state index in [0.29, 0.717) is 111 Å². The number of likely N-dealkylation sites (tertiary alicyclic amines) is 1. The number of aryl methyl sites for hydroxylation is 1. The summed E-state index contributed by atoms with van der Waals surface area (Å²) >= 11 is 0. The van der Waals surface area contributed by atoms with Gasteiger partial charge in [0.1, 0.15) is 45.9 Å². The third-order valence-corrected chi connectivity index (χ3v) is 17.4. The molecule has 2 aliphatic carbocycles. The molecule has 13 nitrogen and oxygen atoms in total. The number of nitrogens with one attached hydrogen (secondary N) is 1. The van der Waals surface area contributed by atoms with Gasteiger partial charge in [0.15, 0.2) is 5.82 Å². The Hall–Kier alpha value is -5.72. The van der Waals surface area contributed by atoms with E-state index in [1.807, 2.05) is 16.7 Å². The molecule has 0 bridgehead atoms. The van der Waals surface area contributed by atoms with Gasteiger partial charge in [0.05, 0.1) is 23.5 Å². The lowest BCUT2D eigenvalue weighted by Crippen LogP contribution is -2.53. The van der Waals surface area contributed by atoms with Gasteiger partial charge in [0, 0.05) is 87.2 Å². The number of carbonyl (C=O) groups excluding carboxylic acids is 2. The number of ether oxygens (including phenoxy) is 1. The van der Waals surface area contributed by atoms with Crippen molar-refractivity contribution in [2.75, 3.05) is 81.9 Å². The molecule has 394 valence electrons. The molecule has 4 aliphatic heterocycles. The number of carbonyl (C=O) groups is 2. The molecular formula is C56H65F5N8O5. The minimum absolute atomic E-state index is 0.0154. The van der Waals surface area contributed by atoms with E-state index in [1.165, 1.54) is 36.5 Å². The molecule has 74 heavy (non-hydrogen) atoms. The predicted octanol–water partition coefficient (Wildman–Crippen LogP) is 8.89. The number of piperidine rings is 3. The number of alkyl halides is 1. The lowest BCUT2D eigenvalue weighted by Gasteiger charge is -2.49. The van der Waals surface area contributed by atoms with Crippen LogP contribution >= 0.6 is 0 Å². The molecule has 6 fully saturated rings. The number of amides is 2. The monoisotopic (exact) mass is 1020 g/mol. The number of pyridine rings is 1. The van der Waals surface area contributed by atoms with Crippen LogP contribution in [0.5, 0.6) is 11.8 Å². The second-order valence-corrected chi connectivity index (χ2v) is 22.8. The smallest absolute Gasteiger partial charge is 0.319 e. The first-order valence-electron chi connectivity index (χ1n) is 26.5. The maximum absolute atomic E-state index is 17.2. The largest absolute Gasteiger partial charge is 0.508 e. The predicted molar refractivity (Wildman–Crippen MR) is 271 cm³/mol. The van der Waals surface area contributed by atoms with Crippen molar-refractivity contribution in [2.24, 2.45) is 10.8 Å². The number of halogens is 5. The molecular weight excluding hydrogens is 960 g/mol. The Morgan fingerprint density at radius 3 is 2.20 bits per heavy atom. The van der Waals surface area contributed by atoms with E-state index in [1.54, 1.807) is 13.0 Å². The fourth-order valence-electron chi connectivity index (χ4n) is 12.9. The van der Waals surface area contributed by atoms with Crippen molar-refractivity contribution in [1.82, 2.24) is 30.1 Å². The average Bonchev–Trinajstić information content (AvgIpc) is 4.15. The second-order valence-electron chi connectivity index (χ2n) is 22.8. The Morgan fingerprint density at radius 2 is 1.53 bits per heavy atom. The first-order chi connectivity index (χ1) is 35.4. The summed E-state index contributed by atoms with van der Waals surface area (Å²) in [5.41, 5.74) is -1.74. The highest BCUT2D eigenvalue weighted by Gasteiger charge is 2.49. The van der Waals surface area contributed by atoms with Crippen molar-refractivity contribution in [3.8, 4) is 23.0 Å². The zero-order valence-electron chi connectivity index (χ0n) is 42.2. The Balaban J connectivity index is 0.713. The molecule has 18 heteroatoms. The van der Waals surface area contributed by atoms with Gasteiger partial charge in [-0.2, -0.15) is 9.97 Å². The number of phenols is 1. The number of hydrogen-bond acceptors (Lipinski definition) is 12. The molecule has 1 unspecified atom stereocenters. The van der Waals surface area contributed by atoms with Crippen LogP contribution in [-0.2, 0) is 16.0 Å². The summed E-state index contributed by atoms with van der Waals surface area (Å²) in [6, 6.07) is 8.36. The van der Waals surface area contributed by atoms with Gasteiger partial charge >= 0.3 is 6.01 Å². The van der Waals surface area contributed by atoms with Crippen LogP contribution in [0.4, 0.5) is 33.5 Å². The number of β-amino-alcohol motifs (C(OH)–C–C–N with tert-alkyl or cyclic N) is 1. The number of nitrogens with zero attached hydrogens (tertiary/aromatic N) is 7. The number of aliphatic hydroxyl groups is 1. The van der Waals surface area contributed by atoms with E-state index < -0.39 is 52.3 Å². The first kappa shape index (κ1) is 50.4. The normalized spacial score (nSPS) is 24.2. The van der Waals surface area contributed by atoms with Crippen LogP contribution in [0, 0.1) is 34.1 Å². The lowest BCUT2D eigenvalue weighted by molar-refractivity contribution is -0.134. The summed E-state index contributed by atoms with van der Waals surface area (Å²) in [5, 5.41) is 25.4. The number of aromatic nitrogens is 3. The Kier molecular flexibility index (Phi) is 13.3. The topological polar surface area (TPSA) is 147 Å². The number of hydrogen-bond donors (Lipinski definition) is 3. The molecule has 2 saturated carbocycles. The van der Waals surface area contributed by atoms with Crippen molar-refractivity contribution in [3.63, 3.8) is 0 Å². The number of rotatable bonds is 12. The maximum Gasteiger partial charge on any atom is 0.319 e. The maximum atomic E-state index is 17.2. The van der Waals surface area contributed by atoms with Crippen LogP contribution in [0.2, 0.25) is 0 Å². The second kappa shape index (κ2) is 19.4. The minimum Gasteiger partial charge on any atom is -0.508 e. The fraction of sp³-hybridized carbons (Fsp3) is 0.554. The van der Waals surface area contributed by atoms with Crippen LogP contribution < -0.4 is 19.9 Å². The zero-order valence-corrected chi connectivity index (χ0v) is 42.2. The Bertz CT molecular complexity index is 2980. The van der Waals surface area contributed by atoms with Crippen molar-refractivity contribution in [2.45, 2.75) is 115 Å². The minimum atomic E-state index is -1.31. The highest BCUT2D eigenvalue weighted by molar-refractivity contribution is 6.02. The number of benzene rings is 3. The molecule has 2 aromatic heterocycles. The molecule has 5 aromatic rings. The van der Waals surface area contributed by atoms with Gasteiger partial charge in [-0.3, -0.25) is 24.8 Å². The molecule has 2 atom stereocenters. The van der Waals surface area contributed by atoms with Gasteiger partial charge in [-0.05, 0) is 149 Å². The van der Waals surface area contributed by atoms with Gasteiger partial charge in [-0.25, -0.2) is 22.0 Å². The van der Waals surface area contributed by atoms with E-state index in [2.05, 4.69) is 25.1 Å². The number of phenolic OH excluding ortho intramolecular Hbond substituents is 1. The summed E-state index contributed by atoms with van der Waals surface area (Å²) in [4.78, 5) is 46.5. The van der Waals surface area contributed by atoms with Crippen LogP contribution in [0.15, 0.2) is 42.6 Å². The lowest BCUT2D eigenvalue weighted by atomic mass is 9.64. The van der Waals surface area contributed by atoms with E-state index in [4.69, 9.17) is 9.72 Å². The molecule has 4 saturated heterocycles. The summed E-state index contributed by atoms with van der Waals surface area (Å²) in [7, 11) is 0. The van der Waals surface area contributed by atoms with E-state index in [0.717, 1.165) is 58.2 Å². The zero-order chi connectivity index (χ0) is 51.7. The average molecular weight is 1030 g/mol. The van der Waals surface area contributed by atoms with Gasteiger partial charge in [-0.15, -0.1) is 0 Å². The summed E-state index contributed by atoms with van der Waals surface area (Å²) in [5.74, 6) is -4.70. The molecule has 3 N–H and O–H groups in total. The molecule has 11 rings (SSSR count). The standard InChI is InChI=1S/C56H65F5N8O5/c1-3-37-41(57)7-5-34-25-36(70)28-39(45(34)37)48-47(60)49-40(29-62-48)50(69-18-4-9-53(2,73)30-69)65-52(64-49)74-33-55(10-11-55)31-66-19-16-54(17-20-66)12-14-56(61,15-13-54)32-67-21-23-68(24-22-67)35-26-42(58)46(43(59)27-35)38-6-8-44(71)63-51(38)72/h5,7,25-29,38,70,73H,3-4,6,8-24,30-33H2,1-2H3,(H,63,71,72)/t38?,53-/m1/s1. The summed E-state index contributed by atoms with van der Waals surface area (Å²) < 4.78 is 86.0. The number of anilines is 2. The fourth-order valence-corrected chi connectivity index (χ4v) is 12.9. The van der Waals surface area contributed by atoms with Gasteiger partial charge in [-0.1, -0.05) is 13.0 Å². The number of aromatic hydroxyl groups is 1. The van der Waals surface area contributed by atoms with Crippen LogP contribution in [0.25, 0.3) is 32.9 Å². The summed E-state index contributed by atoms with van der Waals surface area (Å²) in [6.45, 7) is 9.81. The van der Waals surface area contributed by atoms with Crippen LogP contribution in [-0.4, -0.2) is 130 Å². The van der Waals surface area contributed by atoms with Crippen LogP contribution in [0.3, 0.4) is 0 Å². The van der Waals surface area contributed by atoms with Gasteiger partial charge < -0.3 is 29.6 Å². The highest BCUT2D eigenvalue weighted by Crippen LogP contribution is 2.52. The van der Waals surface area contributed by atoms with Crippen molar-refractivity contribution >= 4 is 45.0 Å². The molecule has 6 heterocycles. The molecule has 3 aromatic carbocycles. The quantitative estimate of drug-likeness (QED) is 0.0811. The SMILES string of the molecule is CCc1c(F)ccc2cc(O)cc(-c3ncc4c(N5CCC[C@@](C)(O)C5)nc(OCC5(CN6CCC7(CC6)CCC(F)(CN6CCN(c8cc(F)c(C9CCC(=O)NC9=O)c(F)c8)CC6)CC7)CC5)nc4c3F)c12. The highest BCUT2D eigenvalue weighted by atomic mass is 19.2. The number of imide groups is 1. The van der Waals surface area contributed by atoms with E-state index >= 15 is 22.0 Å². The molecule has 1 spiro atoms. The third kappa shape index (κ3) is 9.97. The molecule has 6 aliphatic rings. The Morgan fingerprint density at radius 1 is 0.811 bits per heavy atom. The third-order valence-electron chi connectivity index (χ3n) is 17.4. The Labute approximate surface area is 427 Å². The van der Waals surface area contributed by atoms with Gasteiger partial charge in [0.2, 0.25) is 11.8 Å². The molecule has 2 amide bonds. The van der Waals surface area contributed by atoms with E-state index in [-0.39, 0.29) is 64.3 Å². The number of fused-ring (bicyclic) bond motifs is 2. The van der Waals surface area contributed by atoms with Crippen molar-refractivity contribution in [1.29, 1.82) is 0 Å².